The Morgan fingerprint density at radius 2 is 2.09 bits per heavy atom. The van der Waals surface area contributed by atoms with Crippen LogP contribution in [0.15, 0.2) is 24.3 Å². The Labute approximate surface area is 137 Å². The molecule has 1 aromatic carbocycles. The molecule has 0 aliphatic heterocycles. The van der Waals surface area contributed by atoms with Gasteiger partial charge in [-0.05, 0) is 42.6 Å². The fourth-order valence-electron chi connectivity index (χ4n) is 4.59. The number of benzene rings is 1. The van der Waals surface area contributed by atoms with Gasteiger partial charge in [0.1, 0.15) is 5.52 Å². The van der Waals surface area contributed by atoms with Gasteiger partial charge in [0.2, 0.25) is 0 Å². The maximum absolute atomic E-state index is 4.52. The predicted octanol–water partition coefficient (Wildman–Crippen LogP) is 4.94. The molecule has 0 saturated heterocycles. The zero-order valence-electron chi connectivity index (χ0n) is 14.1. The number of rotatable bonds is 5. The van der Waals surface area contributed by atoms with E-state index in [0.717, 1.165) is 11.4 Å². The summed E-state index contributed by atoms with van der Waals surface area (Å²) in [6.07, 6.45) is 7.35. The van der Waals surface area contributed by atoms with Crippen LogP contribution in [-0.2, 0) is 0 Å². The highest BCUT2D eigenvalue weighted by Crippen LogP contribution is 2.56. The molecular formula is C18H27N3S. The van der Waals surface area contributed by atoms with Crippen LogP contribution in [0.5, 0.6) is 0 Å². The molecule has 1 heterocycles. The molecule has 0 spiro atoms. The van der Waals surface area contributed by atoms with Gasteiger partial charge in [-0.1, -0.05) is 51.0 Å². The fourth-order valence-corrected chi connectivity index (χ4v) is 5.81. The number of hydrogen-bond acceptors (Lipinski definition) is 3. The van der Waals surface area contributed by atoms with E-state index >= 15 is 0 Å². The zero-order chi connectivity index (χ0) is 15.7. The molecule has 1 aliphatic carbocycles. The molecule has 4 heteroatoms. The second-order valence-corrected chi connectivity index (χ2v) is 7.76. The van der Waals surface area contributed by atoms with E-state index < -0.39 is 0 Å². The Kier molecular flexibility index (Phi) is 4.49. The molecule has 4 unspecified atom stereocenters. The molecule has 4 atom stereocenters. The molecule has 3 rings (SSSR count). The summed E-state index contributed by atoms with van der Waals surface area (Å²) in [5.41, 5.74) is 2.65. The number of nitrogens with zero attached hydrogens (tertiary/aromatic N) is 3. The van der Waals surface area contributed by atoms with Crippen molar-refractivity contribution in [2.75, 3.05) is 6.26 Å². The molecule has 1 saturated carbocycles. The van der Waals surface area contributed by atoms with Crippen molar-refractivity contribution in [3.63, 3.8) is 0 Å². The predicted molar refractivity (Wildman–Crippen MR) is 95.3 cm³/mol. The van der Waals surface area contributed by atoms with Gasteiger partial charge >= 0.3 is 0 Å². The first-order valence-corrected chi connectivity index (χ1v) is 9.78. The zero-order valence-corrected chi connectivity index (χ0v) is 14.9. The summed E-state index contributed by atoms with van der Waals surface area (Å²) in [5, 5.41) is 9.53. The minimum atomic E-state index is 0.458. The number of hydrogen-bond donors (Lipinski definition) is 0. The van der Waals surface area contributed by atoms with E-state index in [1.165, 1.54) is 31.2 Å². The van der Waals surface area contributed by atoms with Crippen LogP contribution in [0.1, 0.15) is 52.5 Å². The Morgan fingerprint density at radius 1 is 1.32 bits per heavy atom. The summed E-state index contributed by atoms with van der Waals surface area (Å²) in [6, 6.07) is 8.81. The first-order valence-electron chi connectivity index (χ1n) is 8.49. The average Bonchev–Trinajstić information content (AvgIpc) is 3.08. The van der Waals surface area contributed by atoms with Crippen LogP contribution in [0.4, 0.5) is 0 Å². The Bertz CT molecular complexity index is 638. The second kappa shape index (κ2) is 6.23. The normalized spacial score (nSPS) is 31.9. The van der Waals surface area contributed by atoms with Gasteiger partial charge < -0.3 is 0 Å². The summed E-state index contributed by atoms with van der Waals surface area (Å²) in [4.78, 5) is 0. The van der Waals surface area contributed by atoms with E-state index in [1.54, 1.807) is 0 Å². The van der Waals surface area contributed by atoms with Crippen LogP contribution < -0.4 is 0 Å². The molecule has 1 fully saturated rings. The fraction of sp³-hybridized carbons (Fsp3) is 0.667. The number of para-hydroxylation sites is 1. The minimum Gasteiger partial charge on any atom is -0.240 e. The van der Waals surface area contributed by atoms with Gasteiger partial charge in [0.15, 0.2) is 0 Å². The standard InChI is InChI=1S/C18H27N3S/c1-5-11-18(6-2)12-16(17(22-4)13(18)3)21-15-10-8-7-9-14(15)19-20-21/h7-10,13,16-17H,5-6,11-12H2,1-4H3. The van der Waals surface area contributed by atoms with E-state index in [9.17, 15) is 0 Å². The first-order chi connectivity index (χ1) is 10.7. The van der Waals surface area contributed by atoms with E-state index in [2.05, 4.69) is 60.2 Å². The van der Waals surface area contributed by atoms with Crippen molar-refractivity contribution in [2.45, 2.75) is 57.7 Å². The monoisotopic (exact) mass is 317 g/mol. The third kappa shape index (κ3) is 2.36. The molecule has 22 heavy (non-hydrogen) atoms. The van der Waals surface area contributed by atoms with Crippen molar-refractivity contribution in [3.8, 4) is 0 Å². The van der Waals surface area contributed by atoms with Gasteiger partial charge in [-0.25, -0.2) is 4.68 Å². The van der Waals surface area contributed by atoms with Crippen LogP contribution in [0.2, 0.25) is 0 Å². The molecule has 0 amide bonds. The first kappa shape index (κ1) is 15.9. The highest BCUT2D eigenvalue weighted by atomic mass is 32.2. The van der Waals surface area contributed by atoms with Crippen molar-refractivity contribution in [2.24, 2.45) is 11.3 Å². The van der Waals surface area contributed by atoms with Crippen LogP contribution in [0.25, 0.3) is 11.0 Å². The molecule has 0 radical (unpaired) electrons. The van der Waals surface area contributed by atoms with Gasteiger partial charge in [-0.15, -0.1) is 5.10 Å². The third-order valence-electron chi connectivity index (χ3n) is 5.87. The lowest BCUT2D eigenvalue weighted by atomic mass is 9.73. The number of fused-ring (bicyclic) bond motifs is 1. The van der Waals surface area contributed by atoms with Gasteiger partial charge in [0.05, 0.1) is 11.6 Å². The van der Waals surface area contributed by atoms with Crippen molar-refractivity contribution >= 4 is 22.8 Å². The van der Waals surface area contributed by atoms with Crippen LogP contribution in [0, 0.1) is 11.3 Å². The van der Waals surface area contributed by atoms with Crippen molar-refractivity contribution in [1.82, 2.24) is 15.0 Å². The van der Waals surface area contributed by atoms with Crippen LogP contribution in [-0.4, -0.2) is 26.5 Å². The van der Waals surface area contributed by atoms with Crippen molar-refractivity contribution in [3.05, 3.63) is 24.3 Å². The molecule has 2 aromatic rings. The lowest BCUT2D eigenvalue weighted by Gasteiger charge is -2.33. The number of aromatic nitrogens is 3. The summed E-state index contributed by atoms with van der Waals surface area (Å²) in [5.74, 6) is 0.723. The van der Waals surface area contributed by atoms with E-state index in [1.807, 2.05) is 17.8 Å². The number of thioether (sulfide) groups is 1. The second-order valence-electron chi connectivity index (χ2n) is 6.75. The summed E-state index contributed by atoms with van der Waals surface area (Å²) in [6.45, 7) is 7.14. The maximum Gasteiger partial charge on any atom is 0.113 e. The largest absolute Gasteiger partial charge is 0.240 e. The topological polar surface area (TPSA) is 30.7 Å². The Hall–Kier alpha value is -1.03. The minimum absolute atomic E-state index is 0.458. The van der Waals surface area contributed by atoms with Gasteiger partial charge in [0.25, 0.3) is 0 Å². The molecule has 1 aromatic heterocycles. The molecule has 0 N–H and O–H groups in total. The molecule has 1 aliphatic rings. The smallest absolute Gasteiger partial charge is 0.113 e. The quantitative estimate of drug-likeness (QED) is 0.782. The van der Waals surface area contributed by atoms with E-state index in [0.29, 0.717) is 16.7 Å². The van der Waals surface area contributed by atoms with Crippen LogP contribution >= 0.6 is 11.8 Å². The SMILES string of the molecule is CCCC1(CC)CC(n2nnc3ccccc32)C(SC)C1C. The molecule has 120 valence electrons. The average molecular weight is 318 g/mol. The third-order valence-corrected chi connectivity index (χ3v) is 7.14. The summed E-state index contributed by atoms with van der Waals surface area (Å²) < 4.78 is 2.21. The summed E-state index contributed by atoms with van der Waals surface area (Å²) in [7, 11) is 0. The van der Waals surface area contributed by atoms with Gasteiger partial charge in [-0.2, -0.15) is 11.8 Å². The van der Waals surface area contributed by atoms with E-state index in [-0.39, 0.29) is 0 Å². The Balaban J connectivity index is 2.02. The lowest BCUT2D eigenvalue weighted by molar-refractivity contribution is 0.182. The van der Waals surface area contributed by atoms with Gasteiger partial charge in [-0.3, -0.25) is 0 Å². The molecule has 3 nitrogen and oxygen atoms in total. The Morgan fingerprint density at radius 3 is 2.77 bits per heavy atom. The van der Waals surface area contributed by atoms with Crippen molar-refractivity contribution < 1.29 is 0 Å². The molecular weight excluding hydrogens is 290 g/mol. The van der Waals surface area contributed by atoms with Crippen LogP contribution in [0.3, 0.4) is 0 Å². The van der Waals surface area contributed by atoms with Gasteiger partial charge in [0, 0.05) is 5.25 Å². The lowest BCUT2D eigenvalue weighted by Crippen LogP contribution is -2.26. The highest BCUT2D eigenvalue weighted by Gasteiger charge is 2.50. The van der Waals surface area contributed by atoms with Crippen molar-refractivity contribution in [1.29, 1.82) is 0 Å². The maximum atomic E-state index is 4.52. The van der Waals surface area contributed by atoms with E-state index in [4.69, 9.17) is 0 Å². The summed E-state index contributed by atoms with van der Waals surface area (Å²) >= 11 is 2.01. The highest BCUT2D eigenvalue weighted by molar-refractivity contribution is 7.99. The molecule has 0 bridgehead atoms.